The molecule has 2 N–H and O–H groups in total. The SMILES string of the molecule is COc1ccc([C@@H](C)NC(=O)CNC(=O)c2ccc(C)c(C)c2)cc1Br. The third-order valence-electron chi connectivity index (χ3n) is 4.23. The molecule has 0 fully saturated rings. The fourth-order valence-corrected chi connectivity index (χ4v) is 3.03. The lowest BCUT2D eigenvalue weighted by Crippen LogP contribution is -2.38. The maximum atomic E-state index is 12.2. The average Bonchev–Trinajstić information content (AvgIpc) is 2.61. The lowest BCUT2D eigenvalue weighted by atomic mass is 10.1. The summed E-state index contributed by atoms with van der Waals surface area (Å²) in [6.07, 6.45) is 0. The summed E-state index contributed by atoms with van der Waals surface area (Å²) in [7, 11) is 1.60. The second kappa shape index (κ2) is 8.85. The molecule has 0 aliphatic carbocycles. The summed E-state index contributed by atoms with van der Waals surface area (Å²) in [4.78, 5) is 24.3. The molecule has 1 atom stereocenters. The Bertz CT molecular complexity index is 821. The highest BCUT2D eigenvalue weighted by atomic mass is 79.9. The molecule has 0 aliphatic rings. The molecule has 26 heavy (non-hydrogen) atoms. The van der Waals surface area contributed by atoms with Crippen LogP contribution in [0.15, 0.2) is 40.9 Å². The molecule has 0 bridgehead atoms. The fourth-order valence-electron chi connectivity index (χ4n) is 2.47. The van der Waals surface area contributed by atoms with E-state index in [1.807, 2.05) is 51.1 Å². The van der Waals surface area contributed by atoms with E-state index >= 15 is 0 Å². The van der Waals surface area contributed by atoms with Crippen LogP contribution < -0.4 is 15.4 Å². The van der Waals surface area contributed by atoms with Crippen molar-refractivity contribution in [3.05, 3.63) is 63.1 Å². The van der Waals surface area contributed by atoms with Crippen LogP contribution in [0.4, 0.5) is 0 Å². The molecule has 2 amide bonds. The van der Waals surface area contributed by atoms with E-state index in [4.69, 9.17) is 4.74 Å². The molecular weight excluding hydrogens is 396 g/mol. The van der Waals surface area contributed by atoms with Crippen molar-refractivity contribution >= 4 is 27.7 Å². The highest BCUT2D eigenvalue weighted by Gasteiger charge is 2.13. The van der Waals surface area contributed by atoms with E-state index in [0.29, 0.717) is 5.56 Å². The van der Waals surface area contributed by atoms with Crippen LogP contribution in [0.3, 0.4) is 0 Å². The summed E-state index contributed by atoms with van der Waals surface area (Å²) in [5, 5.41) is 5.52. The van der Waals surface area contributed by atoms with Crippen LogP contribution >= 0.6 is 15.9 Å². The normalized spacial score (nSPS) is 11.6. The predicted octanol–water partition coefficient (Wildman–Crippen LogP) is 3.68. The summed E-state index contributed by atoms with van der Waals surface area (Å²) in [6.45, 7) is 5.75. The fraction of sp³-hybridized carbons (Fsp3) is 0.300. The molecule has 2 rings (SSSR count). The van der Waals surface area contributed by atoms with Gasteiger partial charge in [-0.3, -0.25) is 9.59 Å². The molecule has 0 saturated heterocycles. The maximum absolute atomic E-state index is 12.2. The van der Waals surface area contributed by atoms with Crippen molar-refractivity contribution in [3.8, 4) is 5.75 Å². The Morgan fingerprint density at radius 2 is 1.85 bits per heavy atom. The number of amides is 2. The monoisotopic (exact) mass is 418 g/mol. The molecular formula is C20H23BrN2O3. The minimum atomic E-state index is -0.261. The van der Waals surface area contributed by atoms with Gasteiger partial charge in [0.15, 0.2) is 0 Å². The number of halogens is 1. The molecule has 5 nitrogen and oxygen atoms in total. The molecule has 0 aromatic heterocycles. The summed E-state index contributed by atoms with van der Waals surface area (Å²) in [5.41, 5.74) is 3.65. The van der Waals surface area contributed by atoms with E-state index < -0.39 is 0 Å². The quantitative estimate of drug-likeness (QED) is 0.751. The third-order valence-corrected chi connectivity index (χ3v) is 4.85. The van der Waals surface area contributed by atoms with Crippen molar-refractivity contribution in [2.45, 2.75) is 26.8 Å². The van der Waals surface area contributed by atoms with Crippen LogP contribution in [-0.4, -0.2) is 25.5 Å². The largest absolute Gasteiger partial charge is 0.496 e. The zero-order valence-corrected chi connectivity index (χ0v) is 16.9. The van der Waals surface area contributed by atoms with Crippen LogP contribution in [0.5, 0.6) is 5.75 Å². The van der Waals surface area contributed by atoms with Gasteiger partial charge in [-0.1, -0.05) is 12.1 Å². The van der Waals surface area contributed by atoms with Crippen LogP contribution in [-0.2, 0) is 4.79 Å². The molecule has 0 spiro atoms. The number of carbonyl (C=O) groups is 2. The summed E-state index contributed by atoms with van der Waals surface area (Å²) in [6, 6.07) is 10.9. The number of rotatable bonds is 6. The minimum Gasteiger partial charge on any atom is -0.496 e. The minimum absolute atomic E-state index is 0.0760. The number of carbonyl (C=O) groups excluding carboxylic acids is 2. The van der Waals surface area contributed by atoms with Crippen molar-refractivity contribution in [3.63, 3.8) is 0 Å². The number of hydrogen-bond donors (Lipinski definition) is 2. The number of benzene rings is 2. The molecule has 0 aliphatic heterocycles. The van der Waals surface area contributed by atoms with Gasteiger partial charge in [0.25, 0.3) is 5.91 Å². The average molecular weight is 419 g/mol. The molecule has 0 saturated carbocycles. The molecule has 2 aromatic rings. The lowest BCUT2D eigenvalue weighted by molar-refractivity contribution is -0.120. The Balaban J connectivity index is 1.90. The Labute approximate surface area is 162 Å². The Morgan fingerprint density at radius 3 is 2.46 bits per heavy atom. The van der Waals surface area contributed by atoms with Crippen molar-refractivity contribution in [2.24, 2.45) is 0 Å². The highest BCUT2D eigenvalue weighted by molar-refractivity contribution is 9.10. The van der Waals surface area contributed by atoms with E-state index in [1.165, 1.54) is 0 Å². The van der Waals surface area contributed by atoms with Gasteiger partial charge in [-0.2, -0.15) is 0 Å². The Hall–Kier alpha value is -2.34. The van der Waals surface area contributed by atoms with Crippen molar-refractivity contribution in [1.82, 2.24) is 10.6 Å². The second-order valence-electron chi connectivity index (χ2n) is 6.16. The molecule has 0 radical (unpaired) electrons. The van der Waals surface area contributed by atoms with Gasteiger partial charge in [0.05, 0.1) is 24.2 Å². The van der Waals surface area contributed by atoms with Crippen LogP contribution in [0, 0.1) is 13.8 Å². The van der Waals surface area contributed by atoms with Gasteiger partial charge < -0.3 is 15.4 Å². The molecule has 2 aromatic carbocycles. The van der Waals surface area contributed by atoms with Crippen LogP contribution in [0.25, 0.3) is 0 Å². The highest BCUT2D eigenvalue weighted by Crippen LogP contribution is 2.27. The molecule has 6 heteroatoms. The van der Waals surface area contributed by atoms with E-state index in [2.05, 4.69) is 26.6 Å². The smallest absolute Gasteiger partial charge is 0.251 e. The van der Waals surface area contributed by atoms with Gasteiger partial charge in [-0.05, 0) is 77.7 Å². The van der Waals surface area contributed by atoms with E-state index in [9.17, 15) is 9.59 Å². The first-order valence-electron chi connectivity index (χ1n) is 8.30. The first kappa shape index (κ1) is 20.0. The topological polar surface area (TPSA) is 67.4 Å². The molecule has 0 unspecified atom stereocenters. The first-order valence-corrected chi connectivity index (χ1v) is 9.09. The zero-order chi connectivity index (χ0) is 19.3. The lowest BCUT2D eigenvalue weighted by Gasteiger charge is -2.16. The van der Waals surface area contributed by atoms with E-state index in [0.717, 1.165) is 26.9 Å². The van der Waals surface area contributed by atoms with Gasteiger partial charge in [-0.25, -0.2) is 0 Å². The molecule has 138 valence electrons. The van der Waals surface area contributed by atoms with Crippen LogP contribution in [0.1, 0.15) is 40.0 Å². The molecule has 0 heterocycles. The number of hydrogen-bond acceptors (Lipinski definition) is 3. The summed E-state index contributed by atoms with van der Waals surface area (Å²) in [5.74, 6) is 0.220. The first-order chi connectivity index (χ1) is 12.3. The number of methoxy groups -OCH3 is 1. The zero-order valence-electron chi connectivity index (χ0n) is 15.4. The standard InChI is InChI=1S/C20H23BrN2O3/c1-12-5-6-16(9-13(12)2)20(25)22-11-19(24)23-14(3)15-7-8-18(26-4)17(21)10-15/h5-10,14H,11H2,1-4H3,(H,22,25)(H,23,24)/t14-/m1/s1. The summed E-state index contributed by atoms with van der Waals surface area (Å²) >= 11 is 3.43. The number of nitrogens with one attached hydrogen (secondary N) is 2. The van der Waals surface area contributed by atoms with Gasteiger partial charge in [0, 0.05) is 5.56 Å². The third kappa shape index (κ3) is 5.08. The Kier molecular flexibility index (Phi) is 6.80. The van der Waals surface area contributed by atoms with Gasteiger partial charge in [0.2, 0.25) is 5.91 Å². The maximum Gasteiger partial charge on any atom is 0.251 e. The Morgan fingerprint density at radius 1 is 1.12 bits per heavy atom. The van der Waals surface area contributed by atoms with Gasteiger partial charge in [0.1, 0.15) is 5.75 Å². The second-order valence-corrected chi connectivity index (χ2v) is 7.02. The predicted molar refractivity (Wildman–Crippen MR) is 106 cm³/mol. The van der Waals surface area contributed by atoms with E-state index in [-0.39, 0.29) is 24.4 Å². The summed E-state index contributed by atoms with van der Waals surface area (Å²) < 4.78 is 6.02. The van der Waals surface area contributed by atoms with Crippen molar-refractivity contribution in [1.29, 1.82) is 0 Å². The van der Waals surface area contributed by atoms with Crippen LogP contribution in [0.2, 0.25) is 0 Å². The van der Waals surface area contributed by atoms with Gasteiger partial charge >= 0.3 is 0 Å². The van der Waals surface area contributed by atoms with Crippen molar-refractivity contribution < 1.29 is 14.3 Å². The van der Waals surface area contributed by atoms with Gasteiger partial charge in [-0.15, -0.1) is 0 Å². The number of aryl methyl sites for hydroxylation is 2. The number of ether oxygens (including phenoxy) is 1. The van der Waals surface area contributed by atoms with E-state index in [1.54, 1.807) is 13.2 Å². The van der Waals surface area contributed by atoms with Crippen molar-refractivity contribution in [2.75, 3.05) is 13.7 Å².